The maximum absolute atomic E-state index is 13.1. The van der Waals surface area contributed by atoms with E-state index in [9.17, 15) is 9.18 Å². The Labute approximate surface area is 79.8 Å². The Balaban J connectivity index is 3.20. The summed E-state index contributed by atoms with van der Waals surface area (Å²) in [5.74, 6) is -1.99. The van der Waals surface area contributed by atoms with E-state index in [0.29, 0.717) is 5.56 Å². The van der Waals surface area contributed by atoms with Crippen LogP contribution in [0.15, 0.2) is 12.1 Å². The van der Waals surface area contributed by atoms with Crippen LogP contribution in [0, 0.1) is 5.82 Å². The van der Waals surface area contributed by atoms with Crippen molar-refractivity contribution in [2.75, 3.05) is 12.3 Å². The van der Waals surface area contributed by atoms with E-state index in [4.69, 9.17) is 15.9 Å². The largest absolute Gasteiger partial charge is 0.478 e. The second-order valence-corrected chi connectivity index (χ2v) is 2.81. The Morgan fingerprint density at radius 3 is 2.64 bits per heavy atom. The summed E-state index contributed by atoms with van der Waals surface area (Å²) in [5.41, 5.74) is 5.39. The van der Waals surface area contributed by atoms with Crippen molar-refractivity contribution < 1.29 is 19.4 Å². The molecule has 0 spiro atoms. The minimum absolute atomic E-state index is 0.107. The van der Waals surface area contributed by atoms with Gasteiger partial charge in [-0.15, -0.1) is 0 Å². The summed E-state index contributed by atoms with van der Waals surface area (Å²) in [5, 5.41) is 17.3. The zero-order valence-electron chi connectivity index (χ0n) is 7.33. The number of carbonyl (C=O) groups is 1. The third-order valence-corrected chi connectivity index (χ3v) is 1.84. The van der Waals surface area contributed by atoms with Crippen LogP contribution in [0.1, 0.15) is 15.9 Å². The van der Waals surface area contributed by atoms with E-state index in [1.54, 1.807) is 0 Å². The maximum atomic E-state index is 13.1. The third kappa shape index (κ3) is 2.00. The van der Waals surface area contributed by atoms with E-state index in [0.717, 1.165) is 6.07 Å². The first-order chi connectivity index (χ1) is 6.56. The lowest BCUT2D eigenvalue weighted by Gasteiger charge is -2.06. The van der Waals surface area contributed by atoms with Gasteiger partial charge in [0.15, 0.2) is 0 Å². The minimum atomic E-state index is -1.22. The van der Waals surface area contributed by atoms with E-state index in [2.05, 4.69) is 0 Å². The smallest absolute Gasteiger partial charge is 0.335 e. The van der Waals surface area contributed by atoms with Crippen LogP contribution in [0.3, 0.4) is 0 Å². The predicted molar refractivity (Wildman–Crippen MR) is 48.6 cm³/mol. The summed E-state index contributed by atoms with van der Waals surface area (Å²) in [7, 11) is 0. The number of hydrogen-bond donors (Lipinski definition) is 3. The average Bonchev–Trinajstić information content (AvgIpc) is 2.12. The number of hydrogen-bond acceptors (Lipinski definition) is 3. The van der Waals surface area contributed by atoms with E-state index in [1.165, 1.54) is 6.07 Å². The molecule has 0 radical (unpaired) electrons. The average molecular weight is 199 g/mol. The van der Waals surface area contributed by atoms with Gasteiger partial charge in [-0.2, -0.15) is 0 Å². The van der Waals surface area contributed by atoms with Gasteiger partial charge in [0.25, 0.3) is 0 Å². The van der Waals surface area contributed by atoms with Crippen molar-refractivity contribution in [2.24, 2.45) is 0 Å². The molecule has 0 heterocycles. The maximum Gasteiger partial charge on any atom is 0.335 e. The molecule has 0 aliphatic rings. The van der Waals surface area contributed by atoms with Crippen LogP contribution in [-0.2, 0) is 6.42 Å². The fraction of sp³-hybridized carbons (Fsp3) is 0.222. The molecule has 0 aromatic heterocycles. The first-order valence-electron chi connectivity index (χ1n) is 3.98. The quantitative estimate of drug-likeness (QED) is 0.624. The Morgan fingerprint density at radius 1 is 1.50 bits per heavy atom. The second kappa shape index (κ2) is 4.06. The number of nitrogens with two attached hydrogens (primary N) is 1. The fourth-order valence-electron chi connectivity index (χ4n) is 1.13. The number of aliphatic hydroxyl groups is 1. The van der Waals surface area contributed by atoms with Gasteiger partial charge in [-0.3, -0.25) is 0 Å². The zero-order chi connectivity index (χ0) is 10.7. The molecule has 0 amide bonds. The van der Waals surface area contributed by atoms with E-state index in [-0.39, 0.29) is 24.3 Å². The van der Waals surface area contributed by atoms with Crippen LogP contribution in [0.25, 0.3) is 0 Å². The lowest BCUT2D eigenvalue weighted by atomic mass is 10.1. The highest BCUT2D eigenvalue weighted by Gasteiger charge is 2.11. The molecule has 0 saturated heterocycles. The predicted octanol–water partition coefficient (Wildman–Crippen LogP) is 0.641. The van der Waals surface area contributed by atoms with Crippen molar-refractivity contribution in [3.05, 3.63) is 29.1 Å². The minimum Gasteiger partial charge on any atom is -0.478 e. The highest BCUT2D eigenvalue weighted by molar-refractivity contribution is 5.88. The van der Waals surface area contributed by atoms with Crippen molar-refractivity contribution in [2.45, 2.75) is 6.42 Å². The molecule has 5 heteroatoms. The van der Waals surface area contributed by atoms with Crippen LogP contribution in [0.5, 0.6) is 0 Å². The molecule has 4 nitrogen and oxygen atoms in total. The second-order valence-electron chi connectivity index (χ2n) is 2.81. The van der Waals surface area contributed by atoms with Crippen LogP contribution in [0.4, 0.5) is 10.1 Å². The molecule has 4 N–H and O–H groups in total. The summed E-state index contributed by atoms with van der Waals surface area (Å²) in [4.78, 5) is 10.6. The fourth-order valence-corrected chi connectivity index (χ4v) is 1.13. The van der Waals surface area contributed by atoms with Crippen molar-refractivity contribution in [1.29, 1.82) is 0 Å². The van der Waals surface area contributed by atoms with E-state index >= 15 is 0 Å². The van der Waals surface area contributed by atoms with Crippen molar-refractivity contribution in [3.63, 3.8) is 0 Å². The van der Waals surface area contributed by atoms with Gasteiger partial charge in [0.1, 0.15) is 5.82 Å². The molecule has 76 valence electrons. The number of anilines is 1. The summed E-state index contributed by atoms with van der Waals surface area (Å²) < 4.78 is 13.1. The molecule has 0 fully saturated rings. The van der Waals surface area contributed by atoms with E-state index in [1.807, 2.05) is 0 Å². The number of rotatable bonds is 3. The van der Waals surface area contributed by atoms with Crippen LogP contribution in [0.2, 0.25) is 0 Å². The molecule has 14 heavy (non-hydrogen) atoms. The molecule has 0 atom stereocenters. The van der Waals surface area contributed by atoms with Crippen molar-refractivity contribution >= 4 is 11.7 Å². The first kappa shape index (κ1) is 10.5. The molecular formula is C9H10FNO3. The van der Waals surface area contributed by atoms with Gasteiger partial charge >= 0.3 is 5.97 Å². The van der Waals surface area contributed by atoms with Crippen molar-refractivity contribution in [3.8, 4) is 0 Å². The molecule has 0 bridgehead atoms. The monoisotopic (exact) mass is 199 g/mol. The normalized spacial score (nSPS) is 10.1. The van der Waals surface area contributed by atoms with Crippen LogP contribution in [-0.4, -0.2) is 22.8 Å². The lowest BCUT2D eigenvalue weighted by molar-refractivity contribution is 0.0696. The molecule has 1 rings (SSSR count). The molecule has 1 aromatic rings. The zero-order valence-corrected chi connectivity index (χ0v) is 7.33. The van der Waals surface area contributed by atoms with Gasteiger partial charge < -0.3 is 15.9 Å². The van der Waals surface area contributed by atoms with Gasteiger partial charge in [-0.25, -0.2) is 9.18 Å². The van der Waals surface area contributed by atoms with Gasteiger partial charge in [0, 0.05) is 6.61 Å². The molecule has 0 aliphatic carbocycles. The van der Waals surface area contributed by atoms with Gasteiger partial charge in [-0.1, -0.05) is 0 Å². The van der Waals surface area contributed by atoms with Crippen LogP contribution < -0.4 is 5.73 Å². The summed E-state index contributed by atoms with van der Waals surface area (Å²) in [6.45, 7) is -0.202. The van der Waals surface area contributed by atoms with Gasteiger partial charge in [-0.05, 0) is 24.1 Å². The van der Waals surface area contributed by atoms with Crippen molar-refractivity contribution in [1.82, 2.24) is 0 Å². The lowest BCUT2D eigenvalue weighted by Crippen LogP contribution is -2.05. The highest BCUT2D eigenvalue weighted by atomic mass is 19.1. The Morgan fingerprint density at radius 2 is 2.14 bits per heavy atom. The SMILES string of the molecule is Nc1c(F)cc(C(=O)O)cc1CCO. The van der Waals surface area contributed by atoms with Gasteiger partial charge in [0.05, 0.1) is 11.3 Å². The molecule has 0 saturated carbocycles. The van der Waals surface area contributed by atoms with E-state index < -0.39 is 11.8 Å². The Hall–Kier alpha value is -1.62. The number of benzene rings is 1. The topological polar surface area (TPSA) is 83.6 Å². The number of aromatic carboxylic acids is 1. The Bertz CT molecular complexity index is 365. The molecule has 0 unspecified atom stereocenters. The molecule has 1 aromatic carbocycles. The number of halogens is 1. The number of nitrogen functional groups attached to an aromatic ring is 1. The summed E-state index contributed by atoms with van der Waals surface area (Å²) in [6, 6.07) is 2.12. The molecular weight excluding hydrogens is 189 g/mol. The summed E-state index contributed by atoms with van der Waals surface area (Å²) in [6.07, 6.45) is 0.143. The Kier molecular flexibility index (Phi) is 3.03. The third-order valence-electron chi connectivity index (χ3n) is 1.84. The summed E-state index contributed by atoms with van der Waals surface area (Å²) >= 11 is 0. The number of carboxylic acids is 1. The van der Waals surface area contributed by atoms with Crippen LogP contribution >= 0.6 is 0 Å². The number of aliphatic hydroxyl groups excluding tert-OH is 1. The number of carboxylic acid groups (broad SMARTS) is 1. The van der Waals surface area contributed by atoms with Gasteiger partial charge in [0.2, 0.25) is 0 Å². The standard InChI is InChI=1S/C9H10FNO3/c10-7-4-6(9(13)14)3-5(1-2-12)8(7)11/h3-4,12H,1-2,11H2,(H,13,14). The molecule has 0 aliphatic heterocycles. The first-order valence-corrected chi connectivity index (χ1v) is 3.98. The highest BCUT2D eigenvalue weighted by Crippen LogP contribution is 2.19.